The highest BCUT2D eigenvalue weighted by Crippen LogP contribution is 2.28. The number of halogens is 1. The molecule has 1 aromatic carbocycles. The smallest absolute Gasteiger partial charge is 0.348 e. The molecule has 0 aliphatic carbocycles. The molecule has 0 bridgehead atoms. The molecule has 1 heterocycles. The Bertz CT molecular complexity index is 745. The van der Waals surface area contributed by atoms with E-state index >= 15 is 0 Å². The molecule has 6 heteroatoms. The number of carbonyl (C=O) groups is 2. The molecule has 0 spiro atoms. The van der Waals surface area contributed by atoms with Crippen molar-refractivity contribution in [2.75, 3.05) is 0 Å². The van der Waals surface area contributed by atoms with E-state index in [9.17, 15) is 14.4 Å². The molecule has 0 atom stereocenters. The lowest BCUT2D eigenvalue weighted by molar-refractivity contribution is -0.131. The van der Waals surface area contributed by atoms with Gasteiger partial charge in [-0.3, -0.25) is 9.59 Å². The van der Waals surface area contributed by atoms with E-state index in [0.29, 0.717) is 9.86 Å². The lowest BCUT2D eigenvalue weighted by Crippen LogP contribution is -2.12. The molecule has 19 heavy (non-hydrogen) atoms. The third kappa shape index (κ3) is 2.58. The van der Waals surface area contributed by atoms with Crippen molar-refractivity contribution < 1.29 is 18.7 Å². The highest BCUT2D eigenvalue weighted by atomic mass is 79.9. The van der Waals surface area contributed by atoms with E-state index in [4.69, 9.17) is 9.15 Å². The molecule has 0 aliphatic heterocycles. The van der Waals surface area contributed by atoms with Gasteiger partial charge in [-0.1, -0.05) is 0 Å². The first-order valence-electron chi connectivity index (χ1n) is 5.36. The van der Waals surface area contributed by atoms with Crippen molar-refractivity contribution in [1.82, 2.24) is 0 Å². The van der Waals surface area contributed by atoms with Crippen LogP contribution in [0.5, 0.6) is 5.75 Å². The number of fused-ring (bicyclic) bond motifs is 1. The maximum Gasteiger partial charge on any atom is 0.348 e. The van der Waals surface area contributed by atoms with E-state index in [1.54, 1.807) is 12.1 Å². The molecule has 5 nitrogen and oxygen atoms in total. The summed E-state index contributed by atoms with van der Waals surface area (Å²) in [5, 5.41) is 0.556. The van der Waals surface area contributed by atoms with Crippen LogP contribution in [0.4, 0.5) is 0 Å². The maximum absolute atomic E-state index is 11.7. The predicted octanol–water partition coefficient (Wildman–Crippen LogP) is 2.68. The first-order valence-corrected chi connectivity index (χ1v) is 6.15. The third-order valence-corrected chi connectivity index (χ3v) is 3.25. The van der Waals surface area contributed by atoms with E-state index in [0.717, 1.165) is 0 Å². The molecule has 0 saturated heterocycles. The molecule has 0 fully saturated rings. The largest absolute Gasteiger partial charge is 0.427 e. The number of carbonyl (C=O) groups excluding carboxylic acids is 2. The molecule has 98 valence electrons. The summed E-state index contributed by atoms with van der Waals surface area (Å²) < 4.78 is 10.3. The lowest BCUT2D eigenvalue weighted by atomic mass is 10.1. The fourth-order valence-electron chi connectivity index (χ4n) is 1.67. The molecule has 0 radical (unpaired) electrons. The Morgan fingerprint density at radius 1 is 1.26 bits per heavy atom. The molecule has 0 amide bonds. The number of benzene rings is 1. The molecule has 2 rings (SSSR count). The Morgan fingerprint density at radius 3 is 2.53 bits per heavy atom. The second-order valence-electron chi connectivity index (χ2n) is 3.89. The summed E-state index contributed by atoms with van der Waals surface area (Å²) in [6, 6.07) is 4.58. The van der Waals surface area contributed by atoms with Gasteiger partial charge in [0.15, 0.2) is 5.78 Å². The summed E-state index contributed by atoms with van der Waals surface area (Å²) in [5.41, 5.74) is -0.528. The van der Waals surface area contributed by atoms with Gasteiger partial charge in [0.25, 0.3) is 0 Å². The van der Waals surface area contributed by atoms with Gasteiger partial charge in [-0.15, -0.1) is 0 Å². The summed E-state index contributed by atoms with van der Waals surface area (Å²) in [6.45, 7) is 2.56. The van der Waals surface area contributed by atoms with E-state index in [2.05, 4.69) is 15.9 Å². The van der Waals surface area contributed by atoms with Gasteiger partial charge in [0.1, 0.15) is 16.9 Å². The quantitative estimate of drug-likeness (QED) is 0.367. The van der Waals surface area contributed by atoms with Crippen LogP contribution in [-0.4, -0.2) is 11.8 Å². The Kier molecular flexibility index (Phi) is 3.53. The minimum Gasteiger partial charge on any atom is -0.427 e. The molecule has 0 aliphatic rings. The third-order valence-electron chi connectivity index (χ3n) is 2.43. The minimum absolute atomic E-state index is 0.0345. The van der Waals surface area contributed by atoms with E-state index < -0.39 is 11.6 Å². The Morgan fingerprint density at radius 2 is 1.95 bits per heavy atom. The van der Waals surface area contributed by atoms with Crippen LogP contribution in [0.1, 0.15) is 24.2 Å². The van der Waals surface area contributed by atoms with Gasteiger partial charge < -0.3 is 9.15 Å². The number of esters is 1. The Hall–Kier alpha value is -1.95. The number of Topliss-reactive ketones (excluding diaryl/α,β-unsaturated/α-hetero) is 1. The summed E-state index contributed by atoms with van der Waals surface area (Å²) in [5.74, 6) is -0.585. The van der Waals surface area contributed by atoms with Gasteiger partial charge in [0.05, 0.1) is 0 Å². The van der Waals surface area contributed by atoms with Crippen molar-refractivity contribution in [2.24, 2.45) is 0 Å². The van der Waals surface area contributed by atoms with Gasteiger partial charge in [0.2, 0.25) is 0 Å². The van der Waals surface area contributed by atoms with Crippen LogP contribution in [0.2, 0.25) is 0 Å². The topological polar surface area (TPSA) is 73.6 Å². The van der Waals surface area contributed by atoms with Crippen LogP contribution in [-0.2, 0) is 4.79 Å². The van der Waals surface area contributed by atoms with Crippen molar-refractivity contribution in [3.05, 3.63) is 38.7 Å². The van der Waals surface area contributed by atoms with Crippen LogP contribution in [0.15, 0.2) is 31.9 Å². The van der Waals surface area contributed by atoms with Gasteiger partial charge >= 0.3 is 11.6 Å². The van der Waals surface area contributed by atoms with E-state index in [1.807, 2.05) is 0 Å². The molecular weight excluding hydrogens is 316 g/mol. The fourth-order valence-corrected chi connectivity index (χ4v) is 2.44. The standard InChI is InChI=1S/C13H9BrO5/c1-6(15)11-12(14)9-4-3-8(18-7(2)16)5-10(9)19-13(11)17/h3-5H,1-2H3. The number of ketones is 1. The van der Waals surface area contributed by atoms with Crippen molar-refractivity contribution in [2.45, 2.75) is 13.8 Å². The fraction of sp³-hybridized carbons (Fsp3) is 0.154. The second kappa shape index (κ2) is 4.97. The zero-order chi connectivity index (χ0) is 14.2. The first-order chi connectivity index (χ1) is 8.90. The lowest BCUT2D eigenvalue weighted by Gasteiger charge is -2.05. The van der Waals surface area contributed by atoms with E-state index in [-0.39, 0.29) is 22.7 Å². The van der Waals surface area contributed by atoms with Gasteiger partial charge in [-0.2, -0.15) is 0 Å². The van der Waals surface area contributed by atoms with Crippen LogP contribution in [0.3, 0.4) is 0 Å². The van der Waals surface area contributed by atoms with Crippen molar-refractivity contribution >= 4 is 38.7 Å². The number of hydrogen-bond donors (Lipinski definition) is 0. The molecule has 2 aromatic rings. The first kappa shape index (κ1) is 13.5. The van der Waals surface area contributed by atoms with E-state index in [1.165, 1.54) is 19.9 Å². The summed E-state index contributed by atoms with van der Waals surface area (Å²) >= 11 is 3.22. The highest BCUT2D eigenvalue weighted by Gasteiger charge is 2.16. The summed E-state index contributed by atoms with van der Waals surface area (Å²) in [4.78, 5) is 33.9. The molecular formula is C13H9BrO5. The second-order valence-corrected chi connectivity index (χ2v) is 4.68. The number of hydrogen-bond acceptors (Lipinski definition) is 5. The monoisotopic (exact) mass is 324 g/mol. The normalized spacial score (nSPS) is 10.5. The summed E-state index contributed by atoms with van der Waals surface area (Å²) in [6.07, 6.45) is 0. The van der Waals surface area contributed by atoms with Gasteiger partial charge in [0, 0.05) is 22.8 Å². The average Bonchev–Trinajstić information content (AvgIpc) is 2.26. The molecule has 0 saturated carbocycles. The van der Waals surface area contributed by atoms with Gasteiger partial charge in [-0.05, 0) is 35.0 Å². The number of ether oxygens (including phenoxy) is 1. The molecule has 0 unspecified atom stereocenters. The number of rotatable bonds is 2. The summed E-state index contributed by atoms with van der Waals surface area (Å²) in [7, 11) is 0. The Balaban J connectivity index is 2.70. The highest BCUT2D eigenvalue weighted by molar-refractivity contribution is 9.10. The zero-order valence-electron chi connectivity index (χ0n) is 10.2. The maximum atomic E-state index is 11.7. The predicted molar refractivity (Wildman–Crippen MR) is 71.5 cm³/mol. The van der Waals surface area contributed by atoms with Crippen molar-refractivity contribution in [3.63, 3.8) is 0 Å². The van der Waals surface area contributed by atoms with Crippen molar-refractivity contribution in [3.8, 4) is 5.75 Å². The minimum atomic E-state index is -0.730. The molecule has 0 N–H and O–H groups in total. The van der Waals surface area contributed by atoms with Crippen LogP contribution >= 0.6 is 15.9 Å². The van der Waals surface area contributed by atoms with Crippen LogP contribution < -0.4 is 10.4 Å². The van der Waals surface area contributed by atoms with Gasteiger partial charge in [-0.25, -0.2) is 4.79 Å². The average molecular weight is 325 g/mol. The molecule has 1 aromatic heterocycles. The van der Waals surface area contributed by atoms with Crippen LogP contribution in [0.25, 0.3) is 11.0 Å². The van der Waals surface area contributed by atoms with Crippen LogP contribution in [0, 0.1) is 0 Å². The van der Waals surface area contributed by atoms with Crippen molar-refractivity contribution in [1.29, 1.82) is 0 Å². The zero-order valence-corrected chi connectivity index (χ0v) is 11.7. The SMILES string of the molecule is CC(=O)Oc1ccc2c(Br)c(C(C)=O)c(=O)oc2c1. The Labute approximate surface area is 116 Å².